The molecule has 4 fully saturated rings. The van der Waals surface area contributed by atoms with Crippen LogP contribution in [0.4, 0.5) is 11.8 Å². The van der Waals surface area contributed by atoms with Crippen LogP contribution < -0.4 is 10.6 Å². The normalized spacial score (nSPS) is 27.8. The third kappa shape index (κ3) is 5.83. The fraction of sp³-hybridized carbons (Fsp3) is 0.714. The van der Waals surface area contributed by atoms with Crippen LogP contribution >= 0.6 is 0 Å². The second-order valence-electron chi connectivity index (χ2n) is 12.2. The first-order valence-corrected chi connectivity index (χ1v) is 14.8. The molecule has 2 amide bonds. The van der Waals surface area contributed by atoms with Crippen LogP contribution in [0.3, 0.4) is 0 Å². The number of amides is 2. The maximum Gasteiger partial charge on any atom is 0.246 e. The van der Waals surface area contributed by atoms with Crippen molar-refractivity contribution in [1.82, 2.24) is 25.0 Å². The van der Waals surface area contributed by atoms with E-state index in [1.807, 2.05) is 23.9 Å². The Morgan fingerprint density at radius 1 is 1.02 bits per heavy atom. The molecule has 2 aliphatic carbocycles. The van der Waals surface area contributed by atoms with E-state index in [0.717, 1.165) is 31.5 Å². The average Bonchev–Trinajstić information content (AvgIpc) is 3.35. The summed E-state index contributed by atoms with van der Waals surface area (Å²) in [5, 5.41) is 24.4. The third-order valence-electron chi connectivity index (χ3n) is 9.36. The van der Waals surface area contributed by atoms with E-state index in [9.17, 15) is 14.7 Å². The van der Waals surface area contributed by atoms with Crippen molar-refractivity contribution in [2.45, 2.75) is 68.4 Å². The lowest BCUT2D eigenvalue weighted by Gasteiger charge is -2.43. The first-order valence-electron chi connectivity index (χ1n) is 14.8. The minimum absolute atomic E-state index is 0.186. The lowest BCUT2D eigenvalue weighted by molar-refractivity contribution is -0.143. The molecule has 230 valence electrons. The first kappa shape index (κ1) is 29.2. The molecule has 3 N–H and O–H groups in total. The lowest BCUT2D eigenvalue weighted by Crippen LogP contribution is -2.61. The van der Waals surface area contributed by atoms with Crippen LogP contribution in [-0.2, 0) is 30.1 Å². The Balaban J connectivity index is 1.06. The van der Waals surface area contributed by atoms with Gasteiger partial charge in [-0.05, 0) is 52.7 Å². The zero-order valence-corrected chi connectivity index (χ0v) is 24.5. The number of ether oxygens (including phenoxy) is 2. The molecule has 4 heterocycles. The van der Waals surface area contributed by atoms with Crippen LogP contribution in [0.15, 0.2) is 21.2 Å². The predicted octanol–water partition coefficient (Wildman–Crippen LogP) is 0.952. The van der Waals surface area contributed by atoms with Crippen LogP contribution in [0.2, 0.25) is 0 Å². The van der Waals surface area contributed by atoms with Gasteiger partial charge in [-0.2, -0.15) is 0 Å². The third-order valence-corrected chi connectivity index (χ3v) is 9.36. The maximum absolute atomic E-state index is 13.3. The van der Waals surface area contributed by atoms with Crippen molar-refractivity contribution in [3.05, 3.63) is 23.5 Å². The standard InChI is InChI=1S/C28H41N7O7/c1-4-35-14-18(25(36)29-23-13-21(32-42-23)28(38)6-5-7-28)34(3)24(15-35)40-17-27(8-9-27)20-12-22(41-31-20)30-26(37)19-16-39-11-10-33(19)2/h12-13,18-19,24,38H,4-11,14-17H2,1-3H3,(H,29,36)(H,30,37). The smallest absolute Gasteiger partial charge is 0.246 e. The van der Waals surface area contributed by atoms with Crippen LogP contribution in [0, 0.1) is 0 Å². The number of nitrogens with zero attached hydrogens (tertiary/aromatic N) is 5. The number of likely N-dealkylation sites (N-methyl/N-ethyl adjacent to an activating group) is 3. The molecule has 2 saturated carbocycles. The van der Waals surface area contributed by atoms with Crippen molar-refractivity contribution < 1.29 is 33.2 Å². The number of hydrogen-bond donors (Lipinski definition) is 3. The fourth-order valence-corrected chi connectivity index (χ4v) is 5.85. The van der Waals surface area contributed by atoms with Gasteiger partial charge < -0.3 is 23.6 Å². The van der Waals surface area contributed by atoms with Crippen molar-refractivity contribution in [2.24, 2.45) is 0 Å². The van der Waals surface area contributed by atoms with Crippen molar-refractivity contribution in [2.75, 3.05) is 70.7 Å². The molecule has 2 aromatic heterocycles. The molecule has 0 bridgehead atoms. The molecule has 2 aliphatic heterocycles. The van der Waals surface area contributed by atoms with Crippen LogP contribution in [0.1, 0.15) is 50.4 Å². The van der Waals surface area contributed by atoms with E-state index in [4.69, 9.17) is 18.5 Å². The van der Waals surface area contributed by atoms with E-state index in [2.05, 4.69) is 32.8 Å². The fourth-order valence-electron chi connectivity index (χ4n) is 5.85. The molecule has 3 atom stereocenters. The highest BCUT2D eigenvalue weighted by atomic mass is 16.5. The van der Waals surface area contributed by atoms with Crippen LogP contribution in [-0.4, -0.2) is 120 Å². The number of anilines is 2. The minimum atomic E-state index is -0.956. The molecule has 0 radical (unpaired) electrons. The van der Waals surface area contributed by atoms with E-state index in [0.29, 0.717) is 63.9 Å². The SMILES string of the molecule is CCN1CC(OCC2(c3cc(NC(=O)C4COCCN4C)on3)CC2)N(C)C(C(=O)Nc2cc(C3(O)CCC3)no2)C1. The number of hydrogen-bond acceptors (Lipinski definition) is 12. The first-order chi connectivity index (χ1) is 20.2. The number of nitrogens with one attached hydrogen (secondary N) is 2. The van der Waals surface area contributed by atoms with E-state index >= 15 is 0 Å². The summed E-state index contributed by atoms with van der Waals surface area (Å²) in [7, 11) is 3.79. The topological polar surface area (TPSA) is 159 Å². The number of carbonyl (C=O) groups excluding carboxylic acids is 2. The highest BCUT2D eigenvalue weighted by Crippen LogP contribution is 2.48. The van der Waals surface area contributed by atoms with Gasteiger partial charge >= 0.3 is 0 Å². The summed E-state index contributed by atoms with van der Waals surface area (Å²) in [5.41, 5.74) is -0.0387. The summed E-state index contributed by atoms with van der Waals surface area (Å²) >= 11 is 0. The second kappa shape index (κ2) is 11.7. The molecule has 3 unspecified atom stereocenters. The van der Waals surface area contributed by atoms with E-state index in [1.54, 1.807) is 12.1 Å². The Morgan fingerprint density at radius 3 is 2.31 bits per heavy atom. The molecule has 2 saturated heterocycles. The van der Waals surface area contributed by atoms with Gasteiger partial charge in [0.05, 0.1) is 25.5 Å². The summed E-state index contributed by atoms with van der Waals surface area (Å²) in [5.74, 6) is 0.126. The monoisotopic (exact) mass is 587 g/mol. The molecular formula is C28H41N7O7. The zero-order valence-electron chi connectivity index (χ0n) is 24.5. The van der Waals surface area contributed by atoms with Gasteiger partial charge in [0.1, 0.15) is 29.6 Å². The summed E-state index contributed by atoms with van der Waals surface area (Å²) < 4.78 is 22.7. The number of rotatable bonds is 10. The van der Waals surface area contributed by atoms with Crippen LogP contribution in [0.25, 0.3) is 0 Å². The largest absolute Gasteiger partial charge is 0.383 e. The molecule has 0 aromatic carbocycles. The maximum atomic E-state index is 13.3. The molecule has 14 nitrogen and oxygen atoms in total. The Kier molecular flexibility index (Phi) is 8.11. The van der Waals surface area contributed by atoms with Gasteiger partial charge in [0.15, 0.2) is 0 Å². The Bertz CT molecular complexity index is 1270. The van der Waals surface area contributed by atoms with Gasteiger partial charge in [-0.15, -0.1) is 0 Å². The Morgan fingerprint density at radius 2 is 1.69 bits per heavy atom. The number of aliphatic hydroxyl groups is 1. The Labute approximate surface area is 244 Å². The molecule has 0 spiro atoms. The average molecular weight is 588 g/mol. The minimum Gasteiger partial charge on any atom is -0.383 e. The molecule has 4 aliphatic rings. The van der Waals surface area contributed by atoms with E-state index in [-0.39, 0.29) is 35.4 Å². The van der Waals surface area contributed by atoms with E-state index in [1.165, 1.54) is 0 Å². The van der Waals surface area contributed by atoms with E-state index < -0.39 is 11.6 Å². The lowest BCUT2D eigenvalue weighted by atomic mass is 9.78. The molecular weight excluding hydrogens is 546 g/mol. The van der Waals surface area contributed by atoms with Gasteiger partial charge in [-0.1, -0.05) is 17.2 Å². The number of aromatic nitrogens is 2. The summed E-state index contributed by atoms with van der Waals surface area (Å²) in [6.45, 7) is 6.09. The van der Waals surface area contributed by atoms with Crippen LogP contribution in [0.5, 0.6) is 0 Å². The Hall–Kier alpha value is -2.88. The molecule has 6 rings (SSSR count). The molecule has 14 heteroatoms. The molecule has 42 heavy (non-hydrogen) atoms. The van der Waals surface area contributed by atoms with Crippen molar-refractivity contribution in [1.29, 1.82) is 0 Å². The van der Waals surface area contributed by atoms with Gasteiger partial charge in [-0.25, -0.2) is 0 Å². The summed E-state index contributed by atoms with van der Waals surface area (Å²) in [4.78, 5) is 32.2. The summed E-state index contributed by atoms with van der Waals surface area (Å²) in [6, 6.07) is 2.54. The van der Waals surface area contributed by atoms with Gasteiger partial charge in [-0.3, -0.25) is 34.9 Å². The molecule has 2 aromatic rings. The van der Waals surface area contributed by atoms with Gasteiger partial charge in [0.2, 0.25) is 23.6 Å². The summed E-state index contributed by atoms with van der Waals surface area (Å²) in [6.07, 6.45) is 3.69. The quantitative estimate of drug-likeness (QED) is 0.362. The van der Waals surface area contributed by atoms with Gasteiger partial charge in [0.25, 0.3) is 0 Å². The second-order valence-corrected chi connectivity index (χ2v) is 12.2. The highest BCUT2D eigenvalue weighted by Gasteiger charge is 2.49. The zero-order chi connectivity index (χ0) is 29.5. The van der Waals surface area contributed by atoms with Crippen molar-refractivity contribution in [3.8, 4) is 0 Å². The van der Waals surface area contributed by atoms with Crippen molar-refractivity contribution in [3.63, 3.8) is 0 Å². The van der Waals surface area contributed by atoms with Gasteiger partial charge in [0, 0.05) is 37.2 Å². The number of carbonyl (C=O) groups is 2. The van der Waals surface area contributed by atoms with Crippen molar-refractivity contribution >= 4 is 23.6 Å². The number of morpholine rings is 1. The number of piperazine rings is 1. The highest BCUT2D eigenvalue weighted by molar-refractivity contribution is 5.94. The predicted molar refractivity (Wildman–Crippen MR) is 150 cm³/mol.